The van der Waals surface area contributed by atoms with E-state index in [-0.39, 0.29) is 11.6 Å². The van der Waals surface area contributed by atoms with Gasteiger partial charge in [0.1, 0.15) is 5.60 Å². The Kier molecular flexibility index (Phi) is 2.95. The van der Waals surface area contributed by atoms with Crippen LogP contribution in [-0.4, -0.2) is 11.6 Å². The van der Waals surface area contributed by atoms with Crippen molar-refractivity contribution in [2.45, 2.75) is 64.9 Å². The van der Waals surface area contributed by atoms with E-state index in [9.17, 15) is 4.79 Å². The van der Waals surface area contributed by atoms with Gasteiger partial charge in [0.25, 0.3) is 0 Å². The van der Waals surface area contributed by atoms with Crippen molar-refractivity contribution in [2.24, 2.45) is 29.6 Å². The lowest BCUT2D eigenvalue weighted by Gasteiger charge is -2.54. The van der Waals surface area contributed by atoms with Gasteiger partial charge in [-0.2, -0.15) is 0 Å². The minimum Gasteiger partial charge on any atom is -0.460 e. The van der Waals surface area contributed by atoms with E-state index in [1.54, 1.807) is 0 Å². The molecule has 0 heterocycles. The quantitative estimate of drug-likeness (QED) is 0.697. The van der Waals surface area contributed by atoms with Gasteiger partial charge in [0.05, 0.1) is 0 Å². The van der Waals surface area contributed by atoms with Crippen molar-refractivity contribution in [3.8, 4) is 0 Å². The summed E-state index contributed by atoms with van der Waals surface area (Å²) in [5, 5.41) is 0. The molecule has 2 nitrogen and oxygen atoms in total. The molecular formula is C16H26O2. The van der Waals surface area contributed by atoms with Gasteiger partial charge in [0, 0.05) is 6.42 Å². The van der Waals surface area contributed by atoms with Crippen LogP contribution in [0.1, 0.15) is 59.3 Å². The van der Waals surface area contributed by atoms with Crippen molar-refractivity contribution in [2.75, 3.05) is 0 Å². The summed E-state index contributed by atoms with van der Waals surface area (Å²) in [5.74, 6) is 4.29. The minimum absolute atomic E-state index is 0.0278. The van der Waals surface area contributed by atoms with Crippen LogP contribution in [0.5, 0.6) is 0 Å². The first-order valence-corrected chi connectivity index (χ1v) is 7.62. The summed E-state index contributed by atoms with van der Waals surface area (Å²) in [6, 6.07) is 0. The number of esters is 1. The molecule has 4 fully saturated rings. The molecular weight excluding hydrogens is 224 g/mol. The average Bonchev–Trinajstić information content (AvgIpc) is 2.19. The second-order valence-electron chi connectivity index (χ2n) is 7.89. The molecule has 4 aliphatic carbocycles. The Morgan fingerprint density at radius 3 is 1.94 bits per heavy atom. The maximum Gasteiger partial charge on any atom is 0.306 e. The highest BCUT2D eigenvalue weighted by Gasteiger charge is 2.48. The molecule has 0 aromatic rings. The second-order valence-corrected chi connectivity index (χ2v) is 7.89. The van der Waals surface area contributed by atoms with Gasteiger partial charge in [-0.25, -0.2) is 0 Å². The van der Waals surface area contributed by atoms with E-state index < -0.39 is 0 Å². The monoisotopic (exact) mass is 250 g/mol. The van der Waals surface area contributed by atoms with Crippen LogP contribution in [-0.2, 0) is 9.53 Å². The first-order valence-electron chi connectivity index (χ1n) is 7.62. The Morgan fingerprint density at radius 1 is 1.00 bits per heavy atom. The number of hydrogen-bond acceptors (Lipinski definition) is 2. The number of carbonyl (C=O) groups is 1. The zero-order valence-corrected chi connectivity index (χ0v) is 11.9. The van der Waals surface area contributed by atoms with Gasteiger partial charge in [-0.15, -0.1) is 0 Å². The van der Waals surface area contributed by atoms with Crippen molar-refractivity contribution < 1.29 is 9.53 Å². The Morgan fingerprint density at radius 2 is 1.50 bits per heavy atom. The second kappa shape index (κ2) is 4.25. The van der Waals surface area contributed by atoms with E-state index in [0.29, 0.717) is 12.3 Å². The zero-order chi connectivity index (χ0) is 12.9. The van der Waals surface area contributed by atoms with Gasteiger partial charge in [0.15, 0.2) is 0 Å². The van der Waals surface area contributed by atoms with Crippen molar-refractivity contribution in [1.29, 1.82) is 0 Å². The van der Waals surface area contributed by atoms with Gasteiger partial charge in [-0.1, -0.05) is 0 Å². The number of rotatable bonds is 2. The fourth-order valence-electron chi connectivity index (χ4n) is 4.95. The predicted octanol–water partition coefficient (Wildman–Crippen LogP) is 3.79. The predicted molar refractivity (Wildman–Crippen MR) is 71.0 cm³/mol. The normalized spacial score (nSPS) is 42.1. The summed E-state index contributed by atoms with van der Waals surface area (Å²) in [7, 11) is 0. The summed E-state index contributed by atoms with van der Waals surface area (Å²) in [6.45, 7) is 5.88. The van der Waals surface area contributed by atoms with Crippen molar-refractivity contribution in [3.63, 3.8) is 0 Å². The summed E-state index contributed by atoms with van der Waals surface area (Å²) in [4.78, 5) is 12.0. The van der Waals surface area contributed by atoms with Crippen LogP contribution in [0.2, 0.25) is 0 Å². The molecule has 0 spiro atoms. The molecule has 102 valence electrons. The highest BCUT2D eigenvalue weighted by molar-refractivity contribution is 5.70. The van der Waals surface area contributed by atoms with E-state index in [1.165, 1.54) is 32.1 Å². The maximum absolute atomic E-state index is 12.0. The molecule has 0 atom stereocenters. The van der Waals surface area contributed by atoms with Gasteiger partial charge in [-0.3, -0.25) is 4.79 Å². The van der Waals surface area contributed by atoms with Gasteiger partial charge in [-0.05, 0) is 82.5 Å². The number of hydrogen-bond donors (Lipinski definition) is 0. The minimum atomic E-state index is -0.330. The lowest BCUT2D eigenvalue weighted by Crippen LogP contribution is -2.46. The molecule has 2 heteroatoms. The molecule has 0 saturated heterocycles. The first kappa shape index (κ1) is 12.5. The third-order valence-electron chi connectivity index (χ3n) is 5.24. The molecule has 4 saturated carbocycles. The lowest BCUT2D eigenvalue weighted by atomic mass is 9.51. The highest BCUT2D eigenvalue weighted by atomic mass is 16.6. The summed E-state index contributed by atoms with van der Waals surface area (Å²) < 4.78 is 5.50. The van der Waals surface area contributed by atoms with Crippen LogP contribution in [0.25, 0.3) is 0 Å². The molecule has 0 aromatic carbocycles. The van der Waals surface area contributed by atoms with Crippen LogP contribution >= 0.6 is 0 Å². The van der Waals surface area contributed by atoms with E-state index in [4.69, 9.17) is 4.74 Å². The van der Waals surface area contributed by atoms with Gasteiger partial charge < -0.3 is 4.74 Å². The Bertz CT molecular complexity index is 311. The molecule has 4 bridgehead atoms. The Hall–Kier alpha value is -0.530. The van der Waals surface area contributed by atoms with Crippen molar-refractivity contribution in [3.05, 3.63) is 0 Å². The summed E-state index contributed by atoms with van der Waals surface area (Å²) in [5.41, 5.74) is -0.330. The third kappa shape index (κ3) is 2.44. The van der Waals surface area contributed by atoms with Gasteiger partial charge in [0.2, 0.25) is 0 Å². The molecule has 18 heavy (non-hydrogen) atoms. The molecule has 4 aliphatic rings. The maximum atomic E-state index is 12.0. The van der Waals surface area contributed by atoms with Crippen LogP contribution in [0.4, 0.5) is 0 Å². The standard InChI is InChI=1S/C16H26O2/c1-16(2,3)18-15(17)9-14-12-5-10-4-11(7-12)8-13(14)6-10/h10-14H,4-9H2,1-3H3. The Balaban J connectivity index is 1.62. The Labute approximate surface area is 110 Å². The molecule has 0 aromatic heterocycles. The number of ether oxygens (including phenoxy) is 1. The SMILES string of the molecule is CC(C)(C)OC(=O)CC1C2CC3CC(C2)CC1C3. The fourth-order valence-corrected chi connectivity index (χ4v) is 4.95. The smallest absolute Gasteiger partial charge is 0.306 e. The average molecular weight is 250 g/mol. The molecule has 0 unspecified atom stereocenters. The van der Waals surface area contributed by atoms with E-state index >= 15 is 0 Å². The van der Waals surface area contributed by atoms with Crippen LogP contribution in [0.15, 0.2) is 0 Å². The fraction of sp³-hybridized carbons (Fsp3) is 0.938. The van der Waals surface area contributed by atoms with E-state index in [1.807, 2.05) is 20.8 Å². The van der Waals surface area contributed by atoms with Crippen molar-refractivity contribution in [1.82, 2.24) is 0 Å². The number of carbonyl (C=O) groups excluding carboxylic acids is 1. The largest absolute Gasteiger partial charge is 0.460 e. The lowest BCUT2D eigenvalue weighted by molar-refractivity contribution is -0.159. The molecule has 0 amide bonds. The highest BCUT2D eigenvalue weighted by Crippen LogP contribution is 2.57. The topological polar surface area (TPSA) is 26.3 Å². The van der Waals surface area contributed by atoms with E-state index in [0.717, 1.165) is 23.7 Å². The molecule has 0 aliphatic heterocycles. The third-order valence-corrected chi connectivity index (χ3v) is 5.24. The molecule has 4 rings (SSSR count). The van der Waals surface area contributed by atoms with E-state index in [2.05, 4.69) is 0 Å². The van der Waals surface area contributed by atoms with Crippen LogP contribution < -0.4 is 0 Å². The summed E-state index contributed by atoms with van der Waals surface area (Å²) in [6.07, 6.45) is 7.71. The van der Waals surface area contributed by atoms with Crippen LogP contribution in [0, 0.1) is 29.6 Å². The van der Waals surface area contributed by atoms with Crippen LogP contribution in [0.3, 0.4) is 0 Å². The van der Waals surface area contributed by atoms with Gasteiger partial charge >= 0.3 is 5.97 Å². The summed E-state index contributed by atoms with van der Waals surface area (Å²) >= 11 is 0. The first-order chi connectivity index (χ1) is 8.40. The molecule has 0 N–H and O–H groups in total. The van der Waals surface area contributed by atoms with Crippen molar-refractivity contribution >= 4 is 5.97 Å². The zero-order valence-electron chi connectivity index (χ0n) is 11.9. The molecule has 0 radical (unpaired) electrons.